The number of hydrogen-bond donors (Lipinski definition) is 1. The minimum absolute atomic E-state index is 0.223. The summed E-state index contributed by atoms with van der Waals surface area (Å²) in [6.07, 6.45) is 6.15. The molecule has 16 heavy (non-hydrogen) atoms. The Morgan fingerprint density at radius 2 is 2.06 bits per heavy atom. The largest absolute Gasteiger partial charge is 0.468 e. The van der Waals surface area contributed by atoms with Gasteiger partial charge < -0.3 is 9.47 Å². The van der Waals surface area contributed by atoms with Gasteiger partial charge in [-0.25, -0.2) is 4.79 Å². The standard InChI is InChI=1S/C12H21NO3/c1-12(11(14)15-2,13-9-6-7-9)8-16-10-4-3-5-10/h9-10,13H,3-8H2,1-2H3. The quantitative estimate of drug-likeness (QED) is 0.694. The van der Waals surface area contributed by atoms with Crippen molar-refractivity contribution in [3.05, 3.63) is 0 Å². The molecule has 2 saturated carbocycles. The number of rotatable bonds is 6. The Hall–Kier alpha value is -0.610. The Bertz CT molecular complexity index is 261. The van der Waals surface area contributed by atoms with Crippen molar-refractivity contribution in [3.63, 3.8) is 0 Å². The molecule has 2 fully saturated rings. The predicted molar refractivity (Wildman–Crippen MR) is 60.2 cm³/mol. The minimum atomic E-state index is -0.675. The number of ether oxygens (including phenoxy) is 2. The van der Waals surface area contributed by atoms with Gasteiger partial charge >= 0.3 is 5.97 Å². The molecule has 1 atom stereocenters. The summed E-state index contributed by atoms with van der Waals surface area (Å²) in [4.78, 5) is 11.8. The minimum Gasteiger partial charge on any atom is -0.468 e. The van der Waals surface area contributed by atoms with E-state index in [1.165, 1.54) is 13.5 Å². The van der Waals surface area contributed by atoms with Crippen LogP contribution in [0.3, 0.4) is 0 Å². The maximum Gasteiger partial charge on any atom is 0.328 e. The summed E-state index contributed by atoms with van der Waals surface area (Å²) in [5, 5.41) is 3.32. The van der Waals surface area contributed by atoms with Crippen molar-refractivity contribution in [2.75, 3.05) is 13.7 Å². The van der Waals surface area contributed by atoms with Crippen LogP contribution < -0.4 is 5.32 Å². The lowest BCUT2D eigenvalue weighted by Gasteiger charge is -2.32. The molecule has 0 spiro atoms. The van der Waals surface area contributed by atoms with Gasteiger partial charge in [-0.1, -0.05) is 0 Å². The third-order valence-electron chi connectivity index (χ3n) is 3.40. The van der Waals surface area contributed by atoms with Crippen LogP contribution in [-0.2, 0) is 14.3 Å². The lowest BCUT2D eigenvalue weighted by Crippen LogP contribution is -2.55. The molecule has 0 aromatic carbocycles. The average molecular weight is 227 g/mol. The lowest BCUT2D eigenvalue weighted by molar-refractivity contribution is -0.152. The van der Waals surface area contributed by atoms with E-state index in [1.807, 2.05) is 6.92 Å². The summed E-state index contributed by atoms with van der Waals surface area (Å²) in [5.41, 5.74) is -0.675. The highest BCUT2D eigenvalue weighted by atomic mass is 16.5. The molecule has 1 N–H and O–H groups in total. The number of nitrogens with one attached hydrogen (secondary N) is 1. The zero-order chi connectivity index (χ0) is 11.6. The molecule has 0 saturated heterocycles. The molecule has 2 aliphatic rings. The van der Waals surface area contributed by atoms with Crippen molar-refractivity contribution in [1.82, 2.24) is 5.32 Å². The van der Waals surface area contributed by atoms with E-state index in [1.54, 1.807) is 0 Å². The van der Waals surface area contributed by atoms with Crippen LogP contribution in [0.15, 0.2) is 0 Å². The zero-order valence-corrected chi connectivity index (χ0v) is 10.1. The zero-order valence-electron chi connectivity index (χ0n) is 10.1. The number of carbonyl (C=O) groups excluding carboxylic acids is 1. The summed E-state index contributed by atoms with van der Waals surface area (Å²) in [7, 11) is 1.43. The first-order valence-electron chi connectivity index (χ1n) is 6.12. The van der Waals surface area contributed by atoms with Crippen LogP contribution in [0, 0.1) is 0 Å². The molecule has 92 valence electrons. The highest BCUT2D eigenvalue weighted by Crippen LogP contribution is 2.26. The summed E-state index contributed by atoms with van der Waals surface area (Å²) < 4.78 is 10.6. The first-order valence-corrected chi connectivity index (χ1v) is 6.12. The van der Waals surface area contributed by atoms with Crippen molar-refractivity contribution < 1.29 is 14.3 Å². The Kier molecular flexibility index (Phi) is 3.50. The van der Waals surface area contributed by atoms with Crippen molar-refractivity contribution in [3.8, 4) is 0 Å². The summed E-state index contributed by atoms with van der Waals surface area (Å²) in [5.74, 6) is -0.223. The van der Waals surface area contributed by atoms with E-state index >= 15 is 0 Å². The van der Waals surface area contributed by atoms with Gasteiger partial charge in [0.2, 0.25) is 0 Å². The van der Waals surface area contributed by atoms with E-state index in [0.717, 1.165) is 25.7 Å². The lowest BCUT2D eigenvalue weighted by atomic mass is 9.95. The second kappa shape index (κ2) is 4.72. The van der Waals surface area contributed by atoms with Crippen molar-refractivity contribution in [1.29, 1.82) is 0 Å². The van der Waals surface area contributed by atoms with E-state index in [9.17, 15) is 4.79 Å². The molecule has 2 aliphatic carbocycles. The van der Waals surface area contributed by atoms with Gasteiger partial charge in [-0.2, -0.15) is 0 Å². The Morgan fingerprint density at radius 1 is 1.38 bits per heavy atom. The normalized spacial score (nSPS) is 24.6. The van der Waals surface area contributed by atoms with Crippen molar-refractivity contribution in [2.24, 2.45) is 0 Å². The Labute approximate surface area is 96.7 Å². The van der Waals surface area contributed by atoms with E-state index < -0.39 is 5.54 Å². The molecule has 0 aromatic heterocycles. The van der Waals surface area contributed by atoms with Gasteiger partial charge in [0.1, 0.15) is 5.54 Å². The molecule has 2 rings (SSSR count). The Morgan fingerprint density at radius 3 is 2.50 bits per heavy atom. The van der Waals surface area contributed by atoms with E-state index in [-0.39, 0.29) is 5.97 Å². The van der Waals surface area contributed by atoms with E-state index in [2.05, 4.69) is 5.32 Å². The van der Waals surface area contributed by atoms with E-state index in [4.69, 9.17) is 9.47 Å². The Balaban J connectivity index is 1.86. The molecule has 0 amide bonds. The smallest absolute Gasteiger partial charge is 0.328 e. The van der Waals surface area contributed by atoms with Gasteiger partial charge in [-0.05, 0) is 39.0 Å². The van der Waals surface area contributed by atoms with Crippen LogP contribution in [0.25, 0.3) is 0 Å². The maximum atomic E-state index is 11.8. The fraction of sp³-hybridized carbons (Fsp3) is 0.917. The van der Waals surface area contributed by atoms with Crippen LogP contribution in [-0.4, -0.2) is 37.4 Å². The van der Waals surface area contributed by atoms with Gasteiger partial charge in [0.25, 0.3) is 0 Å². The van der Waals surface area contributed by atoms with Crippen LogP contribution in [0.5, 0.6) is 0 Å². The summed E-state index contributed by atoms with van der Waals surface area (Å²) in [6, 6.07) is 0.467. The average Bonchev–Trinajstić information content (AvgIpc) is 2.98. The highest BCUT2D eigenvalue weighted by molar-refractivity contribution is 5.80. The monoisotopic (exact) mass is 227 g/mol. The first kappa shape index (κ1) is 11.9. The van der Waals surface area contributed by atoms with Gasteiger partial charge in [0.05, 0.1) is 19.8 Å². The molecule has 0 bridgehead atoms. The summed E-state index contributed by atoms with van der Waals surface area (Å²) in [6.45, 7) is 2.29. The molecule has 4 nitrogen and oxygen atoms in total. The molecular weight excluding hydrogens is 206 g/mol. The molecule has 4 heteroatoms. The predicted octanol–water partition coefficient (Wildman–Crippen LogP) is 1.24. The molecule has 1 unspecified atom stereocenters. The van der Waals surface area contributed by atoms with Crippen LogP contribution >= 0.6 is 0 Å². The third-order valence-corrected chi connectivity index (χ3v) is 3.40. The van der Waals surface area contributed by atoms with Gasteiger partial charge in [-0.3, -0.25) is 5.32 Å². The second-order valence-corrected chi connectivity index (χ2v) is 5.11. The summed E-state index contributed by atoms with van der Waals surface area (Å²) >= 11 is 0. The fourth-order valence-electron chi connectivity index (χ4n) is 1.88. The van der Waals surface area contributed by atoms with Crippen molar-refractivity contribution in [2.45, 2.75) is 56.7 Å². The van der Waals surface area contributed by atoms with Crippen LogP contribution in [0.4, 0.5) is 0 Å². The number of hydrogen-bond acceptors (Lipinski definition) is 4. The van der Waals surface area contributed by atoms with Gasteiger partial charge in [0, 0.05) is 6.04 Å². The van der Waals surface area contributed by atoms with Gasteiger partial charge in [0.15, 0.2) is 0 Å². The molecule has 0 aromatic rings. The molecular formula is C12H21NO3. The van der Waals surface area contributed by atoms with Crippen LogP contribution in [0.1, 0.15) is 39.0 Å². The fourth-order valence-corrected chi connectivity index (χ4v) is 1.88. The van der Waals surface area contributed by atoms with E-state index in [0.29, 0.717) is 18.8 Å². The van der Waals surface area contributed by atoms with Crippen LogP contribution in [0.2, 0.25) is 0 Å². The highest BCUT2D eigenvalue weighted by Gasteiger charge is 2.40. The van der Waals surface area contributed by atoms with Crippen molar-refractivity contribution >= 4 is 5.97 Å². The maximum absolute atomic E-state index is 11.8. The number of esters is 1. The third kappa shape index (κ3) is 2.74. The first-order chi connectivity index (χ1) is 7.64. The van der Waals surface area contributed by atoms with Gasteiger partial charge in [-0.15, -0.1) is 0 Å². The molecule has 0 aliphatic heterocycles. The number of carbonyl (C=O) groups is 1. The SMILES string of the molecule is COC(=O)C(C)(COC1CCC1)NC1CC1. The molecule has 0 radical (unpaired) electrons. The molecule has 0 heterocycles. The second-order valence-electron chi connectivity index (χ2n) is 5.11. The number of methoxy groups -OCH3 is 1. The topological polar surface area (TPSA) is 47.6 Å².